The number of benzene rings is 2. The number of aryl methyl sites for hydroxylation is 1. The number of amides is 2. The smallest absolute Gasteiger partial charge is 0.237 e. The van der Waals surface area contributed by atoms with Gasteiger partial charge in [0.25, 0.3) is 0 Å². The van der Waals surface area contributed by atoms with Gasteiger partial charge in [-0.1, -0.05) is 12.1 Å². The van der Waals surface area contributed by atoms with Gasteiger partial charge in [0.05, 0.1) is 22.8 Å². The number of fused-ring (bicyclic) bond motifs is 1. The number of thioether (sulfide) groups is 1. The maximum atomic E-state index is 13.2. The molecule has 0 bridgehead atoms. The quantitative estimate of drug-likeness (QED) is 0.481. The number of carbonyl (C=O) groups is 2. The first kappa shape index (κ1) is 23.3. The Morgan fingerprint density at radius 3 is 2.76 bits per heavy atom. The number of carbonyl (C=O) groups excluding carboxylic acids is 2. The number of aromatic nitrogens is 2. The average Bonchev–Trinajstić information content (AvgIpc) is 3.16. The second-order valence-electron chi connectivity index (χ2n) is 7.71. The Bertz CT molecular complexity index is 1250. The predicted octanol–water partition coefficient (Wildman–Crippen LogP) is 3.04. The van der Waals surface area contributed by atoms with Crippen LogP contribution in [0.15, 0.2) is 53.4 Å². The van der Waals surface area contributed by atoms with Crippen molar-refractivity contribution in [1.82, 2.24) is 15.1 Å². The van der Waals surface area contributed by atoms with E-state index in [4.69, 9.17) is 5.73 Å². The molecule has 3 aromatic rings. The van der Waals surface area contributed by atoms with Crippen LogP contribution in [0.4, 0.5) is 15.9 Å². The Morgan fingerprint density at radius 2 is 2.00 bits per heavy atom. The normalized spacial score (nSPS) is 12.8. The predicted molar refractivity (Wildman–Crippen MR) is 128 cm³/mol. The first-order valence-electron chi connectivity index (χ1n) is 10.8. The summed E-state index contributed by atoms with van der Waals surface area (Å²) in [5, 5.41) is 16.8. The Balaban J connectivity index is 1.29. The van der Waals surface area contributed by atoms with Gasteiger partial charge in [-0.25, -0.2) is 9.07 Å². The zero-order valence-electron chi connectivity index (χ0n) is 18.3. The second kappa shape index (κ2) is 10.4. The van der Waals surface area contributed by atoms with E-state index in [9.17, 15) is 19.2 Å². The molecule has 34 heavy (non-hydrogen) atoms. The van der Waals surface area contributed by atoms with E-state index in [0.29, 0.717) is 43.1 Å². The van der Waals surface area contributed by atoms with E-state index in [1.54, 1.807) is 4.90 Å². The van der Waals surface area contributed by atoms with E-state index in [1.165, 1.54) is 40.7 Å². The van der Waals surface area contributed by atoms with Gasteiger partial charge in [-0.15, -0.1) is 11.8 Å². The molecule has 1 aromatic heterocycles. The number of nitriles is 1. The Kier molecular flexibility index (Phi) is 7.13. The molecule has 1 aliphatic heterocycles. The summed E-state index contributed by atoms with van der Waals surface area (Å²) in [5.41, 5.74) is 8.27. The Labute approximate surface area is 200 Å². The summed E-state index contributed by atoms with van der Waals surface area (Å²) in [6, 6.07) is 15.4. The van der Waals surface area contributed by atoms with Gasteiger partial charge in [0.1, 0.15) is 23.3 Å². The third-order valence-corrected chi connectivity index (χ3v) is 6.51. The third kappa shape index (κ3) is 5.05. The lowest BCUT2D eigenvalue weighted by Gasteiger charge is -2.28. The van der Waals surface area contributed by atoms with Crippen LogP contribution >= 0.6 is 11.8 Å². The molecule has 8 nitrogen and oxygen atoms in total. The summed E-state index contributed by atoms with van der Waals surface area (Å²) in [7, 11) is 0. The molecule has 4 rings (SSSR count). The number of hydrogen-bond donors (Lipinski definition) is 2. The Morgan fingerprint density at radius 1 is 1.24 bits per heavy atom. The van der Waals surface area contributed by atoms with Crippen molar-refractivity contribution in [2.24, 2.45) is 0 Å². The molecule has 0 spiro atoms. The first-order chi connectivity index (χ1) is 16.5. The van der Waals surface area contributed by atoms with Crippen LogP contribution in [0.5, 0.6) is 0 Å². The highest BCUT2D eigenvalue weighted by Gasteiger charge is 2.24. The van der Waals surface area contributed by atoms with Crippen LogP contribution in [0, 0.1) is 17.1 Å². The third-order valence-electron chi connectivity index (χ3n) is 5.46. The molecular weight excluding hydrogens is 455 g/mol. The van der Waals surface area contributed by atoms with Crippen LogP contribution in [-0.4, -0.2) is 40.4 Å². The topological polar surface area (TPSA) is 117 Å². The molecule has 0 atom stereocenters. The lowest BCUT2D eigenvalue weighted by atomic mass is 10.1. The van der Waals surface area contributed by atoms with Crippen molar-refractivity contribution in [1.29, 1.82) is 5.26 Å². The number of rotatable bonds is 8. The van der Waals surface area contributed by atoms with Gasteiger partial charge >= 0.3 is 0 Å². The number of anilines is 2. The molecule has 0 radical (unpaired) electrons. The molecular formula is C24H23FN6O2S. The van der Waals surface area contributed by atoms with Crippen molar-refractivity contribution < 1.29 is 14.0 Å². The van der Waals surface area contributed by atoms with E-state index in [2.05, 4.69) is 16.5 Å². The minimum Gasteiger partial charge on any atom is -0.382 e. The van der Waals surface area contributed by atoms with E-state index < -0.39 is 0 Å². The summed E-state index contributed by atoms with van der Waals surface area (Å²) in [6.45, 7) is 0.715. The molecule has 2 amide bonds. The first-order valence-corrected chi connectivity index (χ1v) is 11.8. The molecule has 2 aromatic carbocycles. The minimum absolute atomic E-state index is 0.00476. The molecule has 10 heteroatoms. The molecule has 0 aliphatic carbocycles. The lowest BCUT2D eigenvalue weighted by molar-refractivity contribution is -0.121. The van der Waals surface area contributed by atoms with Gasteiger partial charge < -0.3 is 16.0 Å². The maximum Gasteiger partial charge on any atom is 0.237 e. The summed E-state index contributed by atoms with van der Waals surface area (Å²) < 4.78 is 14.6. The van der Waals surface area contributed by atoms with Crippen LogP contribution in [-0.2, 0) is 16.0 Å². The van der Waals surface area contributed by atoms with E-state index in [1.807, 2.05) is 24.3 Å². The molecule has 0 saturated carbocycles. The van der Waals surface area contributed by atoms with Gasteiger partial charge in [-0.3, -0.25) is 9.59 Å². The maximum absolute atomic E-state index is 13.2. The van der Waals surface area contributed by atoms with Crippen LogP contribution in [0.25, 0.3) is 5.69 Å². The van der Waals surface area contributed by atoms with E-state index in [-0.39, 0.29) is 35.4 Å². The van der Waals surface area contributed by atoms with Gasteiger partial charge in [-0.05, 0) is 49.2 Å². The fourth-order valence-electron chi connectivity index (χ4n) is 3.74. The molecule has 0 fully saturated rings. The Hall–Kier alpha value is -3.84. The van der Waals surface area contributed by atoms with E-state index in [0.717, 1.165) is 10.6 Å². The van der Waals surface area contributed by atoms with Crippen LogP contribution in [0.3, 0.4) is 0 Å². The zero-order valence-corrected chi connectivity index (χ0v) is 19.1. The molecule has 1 aliphatic rings. The van der Waals surface area contributed by atoms with Gasteiger partial charge in [0, 0.05) is 24.4 Å². The zero-order chi connectivity index (χ0) is 24.1. The molecule has 0 unspecified atom stereocenters. The number of nitrogens with two attached hydrogens (primary N) is 1. The number of nitrogen functional groups attached to an aromatic ring is 1. The number of nitrogens with zero attached hydrogens (tertiary/aromatic N) is 4. The largest absolute Gasteiger partial charge is 0.382 e. The van der Waals surface area contributed by atoms with E-state index >= 15 is 0 Å². The molecule has 174 valence electrons. The van der Waals surface area contributed by atoms with Crippen molar-refractivity contribution >= 4 is 35.1 Å². The summed E-state index contributed by atoms with van der Waals surface area (Å²) >= 11 is 1.51. The van der Waals surface area contributed by atoms with Gasteiger partial charge in [-0.2, -0.15) is 10.4 Å². The fourth-order valence-corrected chi connectivity index (χ4v) is 4.67. The van der Waals surface area contributed by atoms with Crippen molar-refractivity contribution in [2.45, 2.75) is 24.2 Å². The second-order valence-corrected chi connectivity index (χ2v) is 8.73. The van der Waals surface area contributed by atoms with Crippen LogP contribution in [0.2, 0.25) is 0 Å². The van der Waals surface area contributed by atoms with Crippen molar-refractivity contribution in [3.63, 3.8) is 0 Å². The van der Waals surface area contributed by atoms with Crippen LogP contribution in [0.1, 0.15) is 24.1 Å². The van der Waals surface area contributed by atoms with Gasteiger partial charge in [0.2, 0.25) is 11.8 Å². The number of para-hydroxylation sites is 1. The van der Waals surface area contributed by atoms with Crippen molar-refractivity contribution in [3.8, 4) is 11.8 Å². The summed E-state index contributed by atoms with van der Waals surface area (Å²) in [5.74, 6) is 0.0276. The number of nitrogens with one attached hydrogen (secondary N) is 1. The SMILES string of the molecule is N#Cc1c(CCCNC(=O)CCN2C(=O)CSc3ccccc32)nn(-c2ccc(F)cc2)c1N. The summed E-state index contributed by atoms with van der Waals surface area (Å²) in [6.07, 6.45) is 1.19. The highest BCUT2D eigenvalue weighted by Crippen LogP contribution is 2.34. The molecule has 0 saturated heterocycles. The summed E-state index contributed by atoms with van der Waals surface area (Å²) in [4.78, 5) is 27.3. The standard InChI is InChI=1S/C24H23FN6O2S/c25-16-7-9-17(10-8-16)31-24(27)18(14-26)19(29-31)4-3-12-28-22(32)11-13-30-20-5-1-2-6-21(20)34-15-23(30)33/h1-2,5-10H,3-4,11-13,15,27H2,(H,28,32). The van der Waals surface area contributed by atoms with Crippen LogP contribution < -0.4 is 16.0 Å². The number of halogens is 1. The average molecular weight is 479 g/mol. The monoisotopic (exact) mass is 478 g/mol. The minimum atomic E-state index is -0.376. The molecule has 2 heterocycles. The fraction of sp³-hybridized carbons (Fsp3) is 0.250. The van der Waals surface area contributed by atoms with Gasteiger partial charge in [0.15, 0.2) is 0 Å². The lowest BCUT2D eigenvalue weighted by Crippen LogP contribution is -2.38. The highest BCUT2D eigenvalue weighted by atomic mass is 32.2. The van der Waals surface area contributed by atoms with Crippen molar-refractivity contribution in [2.75, 3.05) is 29.5 Å². The highest BCUT2D eigenvalue weighted by molar-refractivity contribution is 8.00. The molecule has 3 N–H and O–H groups in total. The number of hydrogen-bond acceptors (Lipinski definition) is 6. The van der Waals surface area contributed by atoms with Crippen molar-refractivity contribution in [3.05, 3.63) is 65.6 Å².